The molecule has 130 valence electrons. The molecular formula is C18H14FN5OS. The molecule has 0 aliphatic heterocycles. The summed E-state index contributed by atoms with van der Waals surface area (Å²) in [6.45, 7) is 0.0814. The molecule has 0 saturated carbocycles. The van der Waals surface area contributed by atoms with Gasteiger partial charge in [-0.25, -0.2) is 9.37 Å². The van der Waals surface area contributed by atoms with E-state index >= 15 is 0 Å². The second-order valence-corrected chi connectivity index (χ2v) is 6.08. The molecular weight excluding hydrogens is 353 g/mol. The highest BCUT2D eigenvalue weighted by molar-refractivity contribution is 7.14. The van der Waals surface area contributed by atoms with Crippen LogP contribution in [0.1, 0.15) is 16.7 Å². The molecule has 6 nitrogen and oxygen atoms in total. The Morgan fingerprint density at radius 2 is 2.12 bits per heavy atom. The van der Waals surface area contributed by atoms with Gasteiger partial charge in [-0.2, -0.15) is 10.4 Å². The molecule has 2 aromatic carbocycles. The van der Waals surface area contributed by atoms with Crippen molar-refractivity contribution >= 4 is 28.5 Å². The molecule has 1 heterocycles. The van der Waals surface area contributed by atoms with E-state index in [2.05, 4.69) is 15.5 Å². The van der Waals surface area contributed by atoms with E-state index in [0.717, 1.165) is 5.56 Å². The van der Waals surface area contributed by atoms with Crippen molar-refractivity contribution in [3.05, 3.63) is 70.4 Å². The van der Waals surface area contributed by atoms with Gasteiger partial charge in [-0.3, -0.25) is 5.43 Å². The predicted octanol–water partition coefficient (Wildman–Crippen LogP) is 3.76. The summed E-state index contributed by atoms with van der Waals surface area (Å²) in [7, 11) is 0. The van der Waals surface area contributed by atoms with Crippen LogP contribution in [0.25, 0.3) is 0 Å². The largest absolute Gasteiger partial charge is 0.489 e. The Morgan fingerprint density at radius 1 is 1.31 bits per heavy atom. The van der Waals surface area contributed by atoms with Gasteiger partial charge < -0.3 is 10.5 Å². The van der Waals surface area contributed by atoms with Gasteiger partial charge >= 0.3 is 0 Å². The number of hydrogen-bond donors (Lipinski definition) is 2. The fourth-order valence-electron chi connectivity index (χ4n) is 2.04. The van der Waals surface area contributed by atoms with Crippen molar-refractivity contribution in [2.45, 2.75) is 6.61 Å². The van der Waals surface area contributed by atoms with Gasteiger partial charge in [0.2, 0.25) is 5.13 Å². The first-order valence-electron chi connectivity index (χ1n) is 7.55. The quantitative estimate of drug-likeness (QED) is 0.511. The van der Waals surface area contributed by atoms with Gasteiger partial charge in [0.25, 0.3) is 0 Å². The number of anilines is 2. The van der Waals surface area contributed by atoms with Gasteiger partial charge in [0, 0.05) is 10.9 Å². The number of thiazole rings is 1. The number of aromatic nitrogens is 1. The summed E-state index contributed by atoms with van der Waals surface area (Å²) in [5.41, 5.74) is 9.85. The van der Waals surface area contributed by atoms with E-state index in [1.165, 1.54) is 17.4 Å². The van der Waals surface area contributed by atoms with E-state index in [1.54, 1.807) is 35.9 Å². The van der Waals surface area contributed by atoms with Crippen LogP contribution in [0.3, 0.4) is 0 Å². The number of nitrogens with one attached hydrogen (secondary N) is 1. The van der Waals surface area contributed by atoms with Gasteiger partial charge in [-0.1, -0.05) is 6.07 Å². The number of nitrogen functional groups attached to an aromatic ring is 1. The van der Waals surface area contributed by atoms with E-state index < -0.39 is 5.82 Å². The molecule has 26 heavy (non-hydrogen) atoms. The van der Waals surface area contributed by atoms with Gasteiger partial charge in [0.05, 0.1) is 17.8 Å². The van der Waals surface area contributed by atoms with E-state index in [0.29, 0.717) is 22.3 Å². The lowest BCUT2D eigenvalue weighted by Crippen LogP contribution is -1.99. The topological polar surface area (TPSA) is 96.3 Å². The van der Waals surface area contributed by atoms with Crippen LogP contribution in [0.5, 0.6) is 5.75 Å². The highest BCUT2D eigenvalue weighted by Crippen LogP contribution is 2.17. The number of nitrogens with zero attached hydrogens (tertiary/aromatic N) is 3. The molecule has 0 radical (unpaired) electrons. The third-order valence-corrected chi connectivity index (χ3v) is 4.12. The van der Waals surface area contributed by atoms with E-state index in [4.69, 9.17) is 15.7 Å². The van der Waals surface area contributed by atoms with Crippen molar-refractivity contribution in [1.82, 2.24) is 4.98 Å². The Kier molecular flexibility index (Phi) is 5.41. The van der Waals surface area contributed by atoms with Gasteiger partial charge in [0.1, 0.15) is 24.0 Å². The minimum Gasteiger partial charge on any atom is -0.489 e. The van der Waals surface area contributed by atoms with Crippen LogP contribution in [0.2, 0.25) is 0 Å². The summed E-state index contributed by atoms with van der Waals surface area (Å²) >= 11 is 1.37. The first-order chi connectivity index (χ1) is 12.6. The molecule has 3 aromatic rings. The van der Waals surface area contributed by atoms with Crippen LogP contribution in [0.4, 0.5) is 15.3 Å². The highest BCUT2D eigenvalue weighted by Gasteiger charge is 2.04. The van der Waals surface area contributed by atoms with Gasteiger partial charge in [0.15, 0.2) is 0 Å². The van der Waals surface area contributed by atoms with E-state index in [9.17, 15) is 4.39 Å². The standard InChI is InChI=1S/C18H14FN5OS/c19-16-7-13(8-20)1-4-14(16)10-25-15-5-2-12(3-6-15)9-22-24-18-23-17(21)11-26-18/h1-7,9,11H,10,21H2,(H,23,24). The van der Waals surface area contributed by atoms with Crippen LogP contribution in [0, 0.1) is 17.1 Å². The Bertz CT molecular complexity index is 962. The Hall–Kier alpha value is -3.44. The van der Waals surface area contributed by atoms with Crippen molar-refractivity contribution in [1.29, 1.82) is 5.26 Å². The SMILES string of the molecule is N#Cc1ccc(COc2ccc(C=NNc3nc(N)cs3)cc2)c(F)c1. The first kappa shape index (κ1) is 17.4. The molecule has 3 N–H and O–H groups in total. The summed E-state index contributed by atoms with van der Waals surface area (Å²) in [6, 6.07) is 13.4. The van der Waals surface area contributed by atoms with Gasteiger partial charge in [-0.15, -0.1) is 11.3 Å². The first-order valence-corrected chi connectivity index (χ1v) is 8.43. The predicted molar refractivity (Wildman–Crippen MR) is 99.6 cm³/mol. The van der Waals surface area contributed by atoms with Crippen molar-refractivity contribution < 1.29 is 9.13 Å². The lowest BCUT2D eigenvalue weighted by Gasteiger charge is -2.07. The molecule has 1 aromatic heterocycles. The smallest absolute Gasteiger partial charge is 0.205 e. The lowest BCUT2D eigenvalue weighted by atomic mass is 10.1. The third-order valence-electron chi connectivity index (χ3n) is 3.35. The summed E-state index contributed by atoms with van der Waals surface area (Å²) < 4.78 is 19.4. The molecule has 8 heteroatoms. The summed E-state index contributed by atoms with van der Waals surface area (Å²) in [4.78, 5) is 4.03. The Morgan fingerprint density at radius 3 is 2.77 bits per heavy atom. The number of hydrogen-bond acceptors (Lipinski definition) is 7. The zero-order chi connectivity index (χ0) is 18.4. The molecule has 0 saturated heterocycles. The molecule has 0 bridgehead atoms. The molecule has 0 aliphatic rings. The molecule has 0 atom stereocenters. The normalized spacial score (nSPS) is 10.6. The zero-order valence-corrected chi connectivity index (χ0v) is 14.3. The van der Waals surface area contributed by atoms with E-state index in [-0.39, 0.29) is 12.2 Å². The number of ether oxygens (including phenoxy) is 1. The second kappa shape index (κ2) is 8.09. The molecule has 0 amide bonds. The number of nitrogens with two attached hydrogens (primary N) is 1. The van der Waals surface area contributed by atoms with Crippen molar-refractivity contribution in [2.75, 3.05) is 11.2 Å². The minimum atomic E-state index is -0.457. The zero-order valence-electron chi connectivity index (χ0n) is 13.5. The maximum atomic E-state index is 13.8. The average Bonchev–Trinajstić information content (AvgIpc) is 3.07. The summed E-state index contributed by atoms with van der Waals surface area (Å²) in [5.74, 6) is 0.598. The van der Waals surface area contributed by atoms with E-state index in [1.807, 2.05) is 18.2 Å². The minimum absolute atomic E-state index is 0.0814. The number of rotatable bonds is 6. The molecule has 0 unspecified atom stereocenters. The molecule has 0 spiro atoms. The maximum absolute atomic E-state index is 13.8. The lowest BCUT2D eigenvalue weighted by molar-refractivity contribution is 0.300. The molecule has 0 aliphatic carbocycles. The Labute approximate surface area is 153 Å². The van der Waals surface area contributed by atoms with Crippen LogP contribution in [-0.4, -0.2) is 11.2 Å². The molecule has 0 fully saturated rings. The van der Waals surface area contributed by atoms with Crippen LogP contribution >= 0.6 is 11.3 Å². The van der Waals surface area contributed by atoms with Crippen molar-refractivity contribution in [3.63, 3.8) is 0 Å². The van der Waals surface area contributed by atoms with Crippen LogP contribution in [-0.2, 0) is 6.61 Å². The monoisotopic (exact) mass is 367 g/mol. The number of hydrazone groups is 1. The number of benzene rings is 2. The highest BCUT2D eigenvalue weighted by atomic mass is 32.1. The van der Waals surface area contributed by atoms with Gasteiger partial charge in [-0.05, 0) is 42.0 Å². The van der Waals surface area contributed by atoms with Crippen LogP contribution in [0.15, 0.2) is 52.9 Å². The second-order valence-electron chi connectivity index (χ2n) is 5.22. The average molecular weight is 367 g/mol. The van der Waals surface area contributed by atoms with Crippen molar-refractivity contribution in [2.24, 2.45) is 5.10 Å². The number of halogens is 1. The maximum Gasteiger partial charge on any atom is 0.205 e. The van der Waals surface area contributed by atoms with Crippen LogP contribution < -0.4 is 15.9 Å². The summed E-state index contributed by atoms with van der Waals surface area (Å²) in [6.07, 6.45) is 1.64. The Balaban J connectivity index is 1.55. The fourth-order valence-corrected chi connectivity index (χ4v) is 2.59. The fraction of sp³-hybridized carbons (Fsp3) is 0.0556. The summed E-state index contributed by atoms with van der Waals surface area (Å²) in [5, 5.41) is 15.2. The molecule has 3 rings (SSSR count). The number of nitriles is 1. The van der Waals surface area contributed by atoms with Crippen molar-refractivity contribution in [3.8, 4) is 11.8 Å². The third kappa shape index (κ3) is 4.55.